The average molecular weight is 542 g/mol. The number of aliphatic hydroxyl groups excluding tert-OH is 1. The molecule has 2 amide bonds. The molecule has 2 aliphatic rings. The summed E-state index contributed by atoms with van der Waals surface area (Å²) in [5.74, 6) is 0.00803. The number of urea groups is 1. The Hall–Kier alpha value is -2.88. The molecule has 0 unspecified atom stereocenters. The van der Waals surface area contributed by atoms with Crippen molar-refractivity contribution < 1.29 is 23.1 Å². The second-order valence-electron chi connectivity index (χ2n) is 10.5. The molecule has 2 aromatic rings. The van der Waals surface area contributed by atoms with Gasteiger partial charge in [-0.2, -0.15) is 4.31 Å². The van der Waals surface area contributed by atoms with Gasteiger partial charge < -0.3 is 20.1 Å². The lowest BCUT2D eigenvalue weighted by Gasteiger charge is -2.37. The molecule has 3 atom stereocenters. The minimum Gasteiger partial charge on any atom is -0.487 e. The fourth-order valence-corrected chi connectivity index (χ4v) is 6.85. The summed E-state index contributed by atoms with van der Waals surface area (Å²) in [7, 11) is -2.18. The van der Waals surface area contributed by atoms with Gasteiger partial charge in [0, 0.05) is 31.6 Å². The first-order valence-corrected chi connectivity index (χ1v) is 14.8. The number of nitrogens with one attached hydrogen (secondary N) is 1. The molecule has 0 aromatic heterocycles. The molecule has 206 valence electrons. The van der Waals surface area contributed by atoms with E-state index in [2.05, 4.69) is 5.32 Å². The van der Waals surface area contributed by atoms with Crippen LogP contribution in [0.25, 0.3) is 12.2 Å². The number of amides is 2. The Morgan fingerprint density at radius 2 is 1.84 bits per heavy atom. The number of ether oxygens (including phenoxy) is 1. The van der Waals surface area contributed by atoms with Gasteiger partial charge >= 0.3 is 6.03 Å². The summed E-state index contributed by atoms with van der Waals surface area (Å²) in [6, 6.07) is 14.3. The van der Waals surface area contributed by atoms with Crippen LogP contribution in [-0.2, 0) is 10.0 Å². The minimum absolute atomic E-state index is 0.0598. The third kappa shape index (κ3) is 6.57. The lowest BCUT2D eigenvalue weighted by Crippen LogP contribution is -2.51. The van der Waals surface area contributed by atoms with Gasteiger partial charge in [-0.25, -0.2) is 13.2 Å². The van der Waals surface area contributed by atoms with Crippen LogP contribution in [0.1, 0.15) is 50.7 Å². The van der Waals surface area contributed by atoms with Crippen molar-refractivity contribution >= 4 is 28.2 Å². The van der Waals surface area contributed by atoms with Crippen molar-refractivity contribution in [3.8, 4) is 5.75 Å². The second-order valence-corrected chi connectivity index (χ2v) is 12.4. The molecule has 8 nitrogen and oxygen atoms in total. The number of rotatable bonds is 7. The number of carbonyl (C=O) groups excluding carboxylic acids is 1. The zero-order valence-electron chi connectivity index (χ0n) is 22.4. The molecule has 0 spiro atoms. The highest BCUT2D eigenvalue weighted by atomic mass is 32.2. The van der Waals surface area contributed by atoms with Crippen LogP contribution in [-0.4, -0.2) is 73.7 Å². The predicted octanol–water partition coefficient (Wildman–Crippen LogP) is 4.21. The Balaban J connectivity index is 1.64. The van der Waals surface area contributed by atoms with Gasteiger partial charge in [0.25, 0.3) is 0 Å². The summed E-state index contributed by atoms with van der Waals surface area (Å²) >= 11 is 0. The van der Waals surface area contributed by atoms with Gasteiger partial charge in [0.1, 0.15) is 16.7 Å². The van der Waals surface area contributed by atoms with Gasteiger partial charge in [-0.05, 0) is 43.0 Å². The van der Waals surface area contributed by atoms with Crippen LogP contribution in [0.3, 0.4) is 0 Å². The van der Waals surface area contributed by atoms with Crippen LogP contribution in [0.2, 0.25) is 0 Å². The number of benzene rings is 2. The highest BCUT2D eigenvalue weighted by molar-refractivity contribution is 7.89. The molecule has 9 heteroatoms. The molecule has 1 aliphatic heterocycles. The maximum atomic E-state index is 13.7. The van der Waals surface area contributed by atoms with Crippen LogP contribution in [0, 0.1) is 5.92 Å². The minimum atomic E-state index is -3.92. The smallest absolute Gasteiger partial charge is 0.317 e. The first kappa shape index (κ1) is 28.1. The van der Waals surface area contributed by atoms with E-state index in [9.17, 15) is 18.3 Å². The number of nitrogens with zero attached hydrogens (tertiary/aromatic N) is 2. The summed E-state index contributed by atoms with van der Waals surface area (Å²) < 4.78 is 35.1. The number of sulfonamides is 1. The molecular weight excluding hydrogens is 502 g/mol. The molecule has 1 saturated carbocycles. The van der Waals surface area contributed by atoms with E-state index in [1.807, 2.05) is 49.4 Å². The van der Waals surface area contributed by atoms with Gasteiger partial charge in [0.05, 0.1) is 13.2 Å². The molecule has 1 heterocycles. The van der Waals surface area contributed by atoms with E-state index in [4.69, 9.17) is 4.74 Å². The second kappa shape index (κ2) is 12.3. The monoisotopic (exact) mass is 541 g/mol. The normalized spacial score (nSPS) is 22.7. The van der Waals surface area contributed by atoms with E-state index in [1.54, 1.807) is 37.1 Å². The SMILES string of the molecule is C[C@@H]1CN([C@H](C)CO)S(=O)(=O)c2ccc(/C=C/c3ccccc3)cc2O[C@@H]1CN(C)C(=O)NC1CCCC1. The molecule has 2 N–H and O–H groups in total. The molecule has 4 rings (SSSR count). The van der Waals surface area contributed by atoms with Crippen molar-refractivity contribution in [2.75, 3.05) is 26.7 Å². The quantitative estimate of drug-likeness (QED) is 0.512. The molecule has 2 aromatic carbocycles. The number of hydrogen-bond donors (Lipinski definition) is 2. The Morgan fingerprint density at radius 3 is 2.53 bits per heavy atom. The maximum Gasteiger partial charge on any atom is 0.317 e. The van der Waals surface area contributed by atoms with Crippen LogP contribution >= 0.6 is 0 Å². The number of aliphatic hydroxyl groups is 1. The molecule has 0 radical (unpaired) electrons. The zero-order valence-corrected chi connectivity index (χ0v) is 23.2. The van der Waals surface area contributed by atoms with Crippen molar-refractivity contribution in [2.24, 2.45) is 5.92 Å². The lowest BCUT2D eigenvalue weighted by molar-refractivity contribution is 0.0808. The highest BCUT2D eigenvalue weighted by Crippen LogP contribution is 2.34. The average Bonchev–Trinajstić information content (AvgIpc) is 3.42. The topological polar surface area (TPSA) is 99.2 Å². The van der Waals surface area contributed by atoms with Crippen LogP contribution in [0.4, 0.5) is 4.79 Å². The van der Waals surface area contributed by atoms with Crippen molar-refractivity contribution in [2.45, 2.75) is 62.6 Å². The van der Waals surface area contributed by atoms with E-state index >= 15 is 0 Å². The molecule has 1 fully saturated rings. The Kier molecular flexibility index (Phi) is 9.12. The predicted molar refractivity (Wildman–Crippen MR) is 149 cm³/mol. The van der Waals surface area contributed by atoms with Crippen molar-refractivity contribution in [1.29, 1.82) is 0 Å². The van der Waals surface area contributed by atoms with Gasteiger partial charge in [-0.1, -0.05) is 68.3 Å². The molecular formula is C29H39N3O5S. The summed E-state index contributed by atoms with van der Waals surface area (Å²) in [6.07, 6.45) is 7.66. The van der Waals surface area contributed by atoms with Crippen LogP contribution in [0.5, 0.6) is 5.75 Å². The van der Waals surface area contributed by atoms with E-state index in [-0.39, 0.29) is 41.8 Å². The summed E-state index contributed by atoms with van der Waals surface area (Å²) in [5, 5.41) is 13.0. The Labute approximate surface area is 226 Å². The van der Waals surface area contributed by atoms with E-state index < -0.39 is 22.2 Å². The lowest BCUT2D eigenvalue weighted by atomic mass is 10.0. The van der Waals surface area contributed by atoms with Crippen molar-refractivity contribution in [3.05, 3.63) is 59.7 Å². The summed E-state index contributed by atoms with van der Waals surface area (Å²) in [4.78, 5) is 14.6. The van der Waals surface area contributed by atoms with Gasteiger partial charge in [0.2, 0.25) is 10.0 Å². The van der Waals surface area contributed by atoms with E-state index in [0.29, 0.717) is 6.54 Å². The van der Waals surface area contributed by atoms with Crippen molar-refractivity contribution in [3.63, 3.8) is 0 Å². The number of hydrogen-bond acceptors (Lipinski definition) is 5. The third-order valence-electron chi connectivity index (χ3n) is 7.44. The fraction of sp³-hybridized carbons (Fsp3) is 0.483. The van der Waals surface area contributed by atoms with E-state index in [0.717, 1.165) is 36.8 Å². The molecule has 0 bridgehead atoms. The standard InChI is InChI=1S/C29H39N3O5S/c1-21-18-32(22(2)20-33)38(35,36)28-16-15-24(14-13-23-9-5-4-6-10-23)17-26(28)37-27(21)19-31(3)29(34)30-25-11-7-8-12-25/h4-6,9-10,13-17,21-22,25,27,33H,7-8,11-12,18-20H2,1-3H3,(H,30,34)/b14-13+/t21-,22-,27-/m1/s1. The fourth-order valence-electron chi connectivity index (χ4n) is 5.03. The first-order valence-electron chi connectivity index (χ1n) is 13.4. The van der Waals surface area contributed by atoms with Crippen LogP contribution in [0.15, 0.2) is 53.4 Å². The number of likely N-dealkylation sites (N-methyl/N-ethyl adjacent to an activating group) is 1. The largest absolute Gasteiger partial charge is 0.487 e. The third-order valence-corrected chi connectivity index (χ3v) is 9.46. The summed E-state index contributed by atoms with van der Waals surface area (Å²) in [6.45, 7) is 3.78. The van der Waals surface area contributed by atoms with Gasteiger partial charge in [0.15, 0.2) is 0 Å². The highest BCUT2D eigenvalue weighted by Gasteiger charge is 2.38. The summed E-state index contributed by atoms with van der Waals surface area (Å²) in [5.41, 5.74) is 1.82. The molecule has 0 saturated heterocycles. The molecule has 1 aliphatic carbocycles. The van der Waals surface area contributed by atoms with Gasteiger partial charge in [-0.15, -0.1) is 0 Å². The zero-order chi connectivity index (χ0) is 27.3. The Bertz CT molecular complexity index is 1230. The molecule has 38 heavy (non-hydrogen) atoms. The first-order chi connectivity index (χ1) is 18.2. The van der Waals surface area contributed by atoms with Crippen molar-refractivity contribution in [1.82, 2.24) is 14.5 Å². The Morgan fingerprint density at radius 1 is 1.16 bits per heavy atom. The van der Waals surface area contributed by atoms with Crippen LogP contribution < -0.4 is 10.1 Å². The number of carbonyl (C=O) groups is 1. The maximum absolute atomic E-state index is 13.7. The number of fused-ring (bicyclic) bond motifs is 1. The van der Waals surface area contributed by atoms with E-state index in [1.165, 1.54) is 4.31 Å². The van der Waals surface area contributed by atoms with Gasteiger partial charge in [-0.3, -0.25) is 0 Å².